The first-order chi connectivity index (χ1) is 10.4. The largest absolute Gasteiger partial charge is 0.423 e. The van der Waals surface area contributed by atoms with Gasteiger partial charge in [0.1, 0.15) is 17.7 Å². The highest BCUT2D eigenvalue weighted by Gasteiger charge is 2.63. The molecule has 0 amide bonds. The van der Waals surface area contributed by atoms with E-state index in [0.717, 1.165) is 0 Å². The summed E-state index contributed by atoms with van der Waals surface area (Å²) in [7, 11) is 0. The summed E-state index contributed by atoms with van der Waals surface area (Å²) in [6, 6.07) is -2.58. The monoisotopic (exact) mass is 346 g/mol. The van der Waals surface area contributed by atoms with Crippen molar-refractivity contribution in [3.63, 3.8) is 0 Å². The van der Waals surface area contributed by atoms with Gasteiger partial charge in [0, 0.05) is 6.20 Å². The molecular formula is C11H11F5N2O5. The molecule has 1 aliphatic rings. The first-order valence-corrected chi connectivity index (χ1v) is 6.20. The molecule has 0 bridgehead atoms. The van der Waals surface area contributed by atoms with Crippen LogP contribution in [0.2, 0.25) is 0 Å². The maximum atomic E-state index is 14.2. The molecule has 1 aromatic heterocycles. The number of rotatable bonds is 2. The minimum Gasteiger partial charge on any atom is -0.396 e. The van der Waals surface area contributed by atoms with Crippen molar-refractivity contribution < 1.29 is 37.3 Å². The Morgan fingerprint density at radius 1 is 1.22 bits per heavy atom. The van der Waals surface area contributed by atoms with Gasteiger partial charge in [0.25, 0.3) is 11.5 Å². The fourth-order valence-electron chi connectivity index (χ4n) is 2.57. The number of nitrogens with one attached hydrogen (secondary N) is 1. The second-order valence-corrected chi connectivity index (χ2v) is 5.10. The Morgan fingerprint density at radius 3 is 2.22 bits per heavy atom. The van der Waals surface area contributed by atoms with Crippen molar-refractivity contribution in [3.8, 4) is 0 Å². The van der Waals surface area contributed by atoms with Crippen LogP contribution in [0.5, 0.6) is 0 Å². The van der Waals surface area contributed by atoms with Gasteiger partial charge >= 0.3 is 11.9 Å². The highest BCUT2D eigenvalue weighted by molar-refractivity contribution is 5.13. The Balaban J connectivity index is 2.67. The van der Waals surface area contributed by atoms with Gasteiger partial charge in [-0.25, -0.2) is 13.6 Å². The van der Waals surface area contributed by atoms with E-state index in [4.69, 9.17) is 5.11 Å². The minimum absolute atomic E-state index is 0.143. The van der Waals surface area contributed by atoms with Crippen LogP contribution in [0.3, 0.4) is 0 Å². The van der Waals surface area contributed by atoms with Crippen LogP contribution in [0, 0.1) is 5.92 Å². The van der Waals surface area contributed by atoms with E-state index in [1.54, 1.807) is 0 Å². The van der Waals surface area contributed by atoms with Gasteiger partial charge in [-0.3, -0.25) is 14.3 Å². The van der Waals surface area contributed by atoms with E-state index < -0.39 is 59.7 Å². The Kier molecular flexibility index (Phi) is 4.11. The number of aliphatic hydroxyl groups excluding tert-OH is 3. The van der Waals surface area contributed by atoms with Crippen molar-refractivity contribution in [2.24, 2.45) is 5.92 Å². The highest BCUT2D eigenvalue weighted by Crippen LogP contribution is 2.47. The van der Waals surface area contributed by atoms with Gasteiger partial charge in [-0.05, 0) is 0 Å². The molecule has 0 radical (unpaired) electrons. The lowest BCUT2D eigenvalue weighted by Crippen LogP contribution is -2.44. The van der Waals surface area contributed by atoms with E-state index in [-0.39, 0.29) is 10.8 Å². The van der Waals surface area contributed by atoms with Crippen molar-refractivity contribution in [2.45, 2.75) is 30.3 Å². The lowest BCUT2D eigenvalue weighted by atomic mass is 10.0. The normalized spacial score (nSPS) is 30.6. The average molecular weight is 346 g/mol. The molecule has 4 atom stereocenters. The summed E-state index contributed by atoms with van der Waals surface area (Å²) in [4.78, 5) is 24.0. The number of hydrogen-bond acceptors (Lipinski definition) is 5. The van der Waals surface area contributed by atoms with Crippen LogP contribution in [-0.4, -0.2) is 49.6 Å². The smallest absolute Gasteiger partial charge is 0.396 e. The van der Waals surface area contributed by atoms with E-state index >= 15 is 0 Å². The van der Waals surface area contributed by atoms with Crippen molar-refractivity contribution in [1.82, 2.24) is 9.55 Å². The summed E-state index contributed by atoms with van der Waals surface area (Å²) in [6.45, 7) is -1.27. The van der Waals surface area contributed by atoms with Gasteiger partial charge < -0.3 is 15.3 Å². The van der Waals surface area contributed by atoms with Gasteiger partial charge in [0.05, 0.1) is 18.6 Å². The molecule has 1 aromatic rings. The third-order valence-electron chi connectivity index (χ3n) is 3.74. The number of H-pyrrole nitrogens is 1. The number of hydrogen-bond donors (Lipinski definition) is 4. The van der Waals surface area contributed by atoms with Crippen LogP contribution >= 0.6 is 0 Å². The van der Waals surface area contributed by atoms with Crippen LogP contribution in [0.4, 0.5) is 22.0 Å². The van der Waals surface area contributed by atoms with Crippen molar-refractivity contribution in [2.75, 3.05) is 6.61 Å². The van der Waals surface area contributed by atoms with Crippen LogP contribution in [0.15, 0.2) is 15.8 Å². The van der Waals surface area contributed by atoms with Crippen molar-refractivity contribution >= 4 is 0 Å². The molecular weight excluding hydrogens is 335 g/mol. The van der Waals surface area contributed by atoms with Gasteiger partial charge in [0.15, 0.2) is 0 Å². The zero-order chi connectivity index (χ0) is 17.7. The van der Waals surface area contributed by atoms with Crippen LogP contribution in [0.1, 0.15) is 11.6 Å². The molecule has 4 N–H and O–H groups in total. The molecule has 7 nitrogen and oxygen atoms in total. The van der Waals surface area contributed by atoms with Crippen molar-refractivity contribution in [3.05, 3.63) is 32.6 Å². The summed E-state index contributed by atoms with van der Waals surface area (Å²) in [5.74, 6) is -6.28. The van der Waals surface area contributed by atoms with Gasteiger partial charge in [-0.2, -0.15) is 13.2 Å². The predicted molar refractivity (Wildman–Crippen MR) is 62.9 cm³/mol. The summed E-state index contributed by atoms with van der Waals surface area (Å²) >= 11 is 0. The Labute approximate surface area is 123 Å². The van der Waals surface area contributed by atoms with E-state index in [1.807, 2.05) is 0 Å². The third-order valence-corrected chi connectivity index (χ3v) is 3.74. The first kappa shape index (κ1) is 17.6. The molecule has 130 valence electrons. The highest BCUT2D eigenvalue weighted by atomic mass is 19.4. The lowest BCUT2D eigenvalue weighted by Gasteiger charge is -2.25. The molecule has 1 saturated carbocycles. The Hall–Kier alpha value is -1.79. The van der Waals surface area contributed by atoms with Gasteiger partial charge in [-0.1, -0.05) is 0 Å². The Morgan fingerprint density at radius 2 is 1.78 bits per heavy atom. The van der Waals surface area contributed by atoms with Crippen LogP contribution < -0.4 is 11.2 Å². The quantitative estimate of drug-likeness (QED) is 0.517. The van der Waals surface area contributed by atoms with Crippen LogP contribution in [0.25, 0.3) is 0 Å². The average Bonchev–Trinajstić information content (AvgIpc) is 2.55. The third kappa shape index (κ3) is 2.66. The molecule has 0 aromatic carbocycles. The van der Waals surface area contributed by atoms with E-state index in [1.165, 1.54) is 4.98 Å². The van der Waals surface area contributed by atoms with E-state index in [0.29, 0.717) is 0 Å². The summed E-state index contributed by atoms with van der Waals surface area (Å²) in [6.07, 6.45) is -9.87. The minimum atomic E-state index is -5.23. The second kappa shape index (κ2) is 5.39. The second-order valence-electron chi connectivity index (χ2n) is 5.10. The molecule has 0 spiro atoms. The molecule has 23 heavy (non-hydrogen) atoms. The fourth-order valence-corrected chi connectivity index (χ4v) is 2.57. The fraction of sp³-hybridized carbons (Fsp3) is 0.636. The molecule has 1 aliphatic carbocycles. The number of alkyl halides is 5. The SMILES string of the molecule is O=c1[nH]c(=O)n([C@H]2C(O)C(O)[C@@H](CO)C2(F)F)cc1C(F)(F)F. The maximum Gasteiger partial charge on any atom is 0.423 e. The predicted octanol–water partition coefficient (Wildman–Crippen LogP) is -0.924. The number of nitrogens with zero attached hydrogens (tertiary/aromatic N) is 1. The van der Waals surface area contributed by atoms with Gasteiger partial charge in [-0.15, -0.1) is 0 Å². The zero-order valence-electron chi connectivity index (χ0n) is 11.1. The first-order valence-electron chi connectivity index (χ1n) is 6.20. The number of aliphatic hydroxyl groups is 3. The molecule has 12 heteroatoms. The van der Waals surface area contributed by atoms with E-state index in [9.17, 15) is 41.8 Å². The number of aromatic amines is 1. The molecule has 0 saturated heterocycles. The molecule has 1 heterocycles. The molecule has 1 fully saturated rings. The molecule has 2 rings (SSSR count). The summed E-state index contributed by atoms with van der Waals surface area (Å²) in [5, 5.41) is 28.0. The Bertz CT molecular complexity index is 712. The maximum absolute atomic E-state index is 14.2. The van der Waals surface area contributed by atoms with E-state index in [2.05, 4.69) is 0 Å². The molecule has 2 unspecified atom stereocenters. The van der Waals surface area contributed by atoms with Crippen molar-refractivity contribution in [1.29, 1.82) is 0 Å². The summed E-state index contributed by atoms with van der Waals surface area (Å²) in [5.41, 5.74) is -5.35. The topological polar surface area (TPSA) is 116 Å². The van der Waals surface area contributed by atoms with Crippen LogP contribution in [-0.2, 0) is 6.18 Å². The molecule has 0 aliphatic heterocycles. The summed E-state index contributed by atoms with van der Waals surface area (Å²) < 4.78 is 66.2. The zero-order valence-corrected chi connectivity index (χ0v) is 11.1. The number of aromatic nitrogens is 2. The standard InChI is InChI=1S/C11H11F5N2O5/c12-10(13)4(2-19)5(20)6(21)7(10)18-1-3(11(14,15)16)8(22)17-9(18)23/h1,4-7,19-21H,2H2,(H,17,22,23)/t4-,5?,6?,7+/m1/s1. The number of halogens is 5. The lowest BCUT2D eigenvalue weighted by molar-refractivity contribution is -0.140. The van der Waals surface area contributed by atoms with Gasteiger partial charge in [0.2, 0.25) is 0 Å².